The van der Waals surface area contributed by atoms with Gasteiger partial charge in [-0.05, 0) is 69.2 Å². The summed E-state index contributed by atoms with van der Waals surface area (Å²) >= 11 is 0. The van der Waals surface area contributed by atoms with Crippen LogP contribution in [-0.4, -0.2) is 28.4 Å². The van der Waals surface area contributed by atoms with Crippen molar-refractivity contribution in [3.63, 3.8) is 0 Å². The van der Waals surface area contributed by atoms with Crippen LogP contribution in [0.4, 0.5) is 0 Å². The number of hydrogen-bond donors (Lipinski definition) is 1. The summed E-state index contributed by atoms with van der Waals surface area (Å²) in [6.45, 7) is 7.37. The predicted octanol–water partition coefficient (Wildman–Crippen LogP) is 4.67. The van der Waals surface area contributed by atoms with E-state index in [9.17, 15) is 4.79 Å². The van der Waals surface area contributed by atoms with Gasteiger partial charge in [-0.2, -0.15) is 0 Å². The maximum atomic E-state index is 10.6. The summed E-state index contributed by atoms with van der Waals surface area (Å²) in [6, 6.07) is 13.4. The number of carboxylic acids is 1. The fourth-order valence-electron chi connectivity index (χ4n) is 2.80. The Kier molecular flexibility index (Phi) is 6.51. The number of nitrogens with zero attached hydrogens (tertiary/aromatic N) is 2. The van der Waals surface area contributed by atoms with E-state index in [0.29, 0.717) is 28.8 Å². The molecule has 3 rings (SSSR count). The highest BCUT2D eigenvalue weighted by molar-refractivity contribution is 5.98. The first-order valence-corrected chi connectivity index (χ1v) is 9.49. The first-order valence-electron chi connectivity index (χ1n) is 9.49. The Morgan fingerprint density at radius 2 is 1.87 bits per heavy atom. The van der Waals surface area contributed by atoms with Gasteiger partial charge in [-0.1, -0.05) is 22.9 Å². The number of carbonyl (C=O) groups is 1. The second kappa shape index (κ2) is 9.26. The van der Waals surface area contributed by atoms with Crippen LogP contribution < -0.4 is 4.74 Å². The lowest BCUT2D eigenvalue weighted by Crippen LogP contribution is -2.10. The van der Waals surface area contributed by atoms with E-state index in [1.165, 1.54) is 5.56 Å². The smallest absolute Gasteiger partial charge is 0.341 e. The highest BCUT2D eigenvalue weighted by Crippen LogP contribution is 2.23. The van der Waals surface area contributed by atoms with Crippen molar-refractivity contribution in [2.75, 3.05) is 6.61 Å². The molecule has 0 aliphatic rings. The second-order valence-electron chi connectivity index (χ2n) is 7.00. The number of aryl methyl sites for hydroxylation is 3. The molecule has 2 aromatic carbocycles. The van der Waals surface area contributed by atoms with Crippen molar-refractivity contribution < 1.29 is 23.9 Å². The molecule has 0 amide bonds. The van der Waals surface area contributed by atoms with Crippen LogP contribution in [0.25, 0.3) is 11.5 Å². The Hall–Kier alpha value is -3.61. The number of oxime groups is 1. The van der Waals surface area contributed by atoms with Crippen molar-refractivity contribution in [3.05, 3.63) is 70.6 Å². The van der Waals surface area contributed by atoms with E-state index in [0.717, 1.165) is 16.7 Å². The van der Waals surface area contributed by atoms with Crippen molar-refractivity contribution in [3.8, 4) is 17.2 Å². The molecule has 3 aromatic rings. The quantitative estimate of drug-likeness (QED) is 0.430. The molecule has 0 aliphatic carbocycles. The van der Waals surface area contributed by atoms with Crippen LogP contribution in [0.1, 0.15) is 35.1 Å². The number of aromatic nitrogens is 1. The summed E-state index contributed by atoms with van der Waals surface area (Å²) in [6.07, 6.45) is 0. The molecular formula is C23H24N2O5. The number of ether oxygens (including phenoxy) is 1. The van der Waals surface area contributed by atoms with Crippen molar-refractivity contribution >= 4 is 11.7 Å². The van der Waals surface area contributed by atoms with E-state index >= 15 is 0 Å². The Morgan fingerprint density at radius 3 is 2.53 bits per heavy atom. The molecule has 1 N–H and O–H groups in total. The molecule has 0 saturated carbocycles. The first-order chi connectivity index (χ1) is 14.3. The lowest BCUT2D eigenvalue weighted by atomic mass is 10.1. The van der Waals surface area contributed by atoms with Gasteiger partial charge in [-0.3, -0.25) is 0 Å². The minimum atomic E-state index is -1.02. The van der Waals surface area contributed by atoms with Crippen LogP contribution in [0.2, 0.25) is 0 Å². The standard InChI is InChI=1S/C23H24N2O5/c1-14-5-7-18(8-6-14)23-24-20(17(4)30-23)12-29-25-16(3)19-9-10-21(15(2)11-19)28-13-22(26)27/h5-11H,12-13H2,1-4H3,(H,26,27)/b25-16-. The summed E-state index contributed by atoms with van der Waals surface area (Å²) in [5.74, 6) is 0.753. The van der Waals surface area contributed by atoms with Gasteiger partial charge in [0.15, 0.2) is 13.2 Å². The molecule has 7 heteroatoms. The van der Waals surface area contributed by atoms with Crippen LogP contribution in [-0.2, 0) is 16.2 Å². The Labute approximate surface area is 175 Å². The van der Waals surface area contributed by atoms with Crippen LogP contribution in [0.3, 0.4) is 0 Å². The van der Waals surface area contributed by atoms with Crippen LogP contribution in [0, 0.1) is 20.8 Å². The molecule has 1 heterocycles. The van der Waals surface area contributed by atoms with E-state index in [1.54, 1.807) is 6.07 Å². The molecule has 0 fully saturated rings. The molecule has 0 radical (unpaired) electrons. The normalized spacial score (nSPS) is 11.4. The molecule has 0 aliphatic heterocycles. The summed E-state index contributed by atoms with van der Waals surface area (Å²) in [5.41, 5.74) is 5.13. The van der Waals surface area contributed by atoms with Crippen molar-refractivity contribution in [1.29, 1.82) is 0 Å². The zero-order chi connectivity index (χ0) is 21.7. The topological polar surface area (TPSA) is 94.2 Å². The summed E-state index contributed by atoms with van der Waals surface area (Å²) < 4.78 is 11.0. The Balaban J connectivity index is 1.64. The maximum Gasteiger partial charge on any atom is 0.341 e. The Bertz CT molecular complexity index is 1070. The lowest BCUT2D eigenvalue weighted by molar-refractivity contribution is -0.139. The number of rotatable bonds is 8. The zero-order valence-corrected chi connectivity index (χ0v) is 17.4. The van der Waals surface area contributed by atoms with Gasteiger partial charge in [-0.25, -0.2) is 9.78 Å². The van der Waals surface area contributed by atoms with Gasteiger partial charge in [0.05, 0.1) is 5.71 Å². The molecule has 0 spiro atoms. The van der Waals surface area contributed by atoms with Gasteiger partial charge >= 0.3 is 5.97 Å². The second-order valence-corrected chi connectivity index (χ2v) is 7.00. The molecule has 156 valence electrons. The average Bonchev–Trinajstić information content (AvgIpc) is 3.08. The molecule has 0 bridgehead atoms. The van der Waals surface area contributed by atoms with Crippen LogP contribution >= 0.6 is 0 Å². The molecule has 7 nitrogen and oxygen atoms in total. The molecule has 1 aromatic heterocycles. The Morgan fingerprint density at radius 1 is 1.13 bits per heavy atom. The highest BCUT2D eigenvalue weighted by Gasteiger charge is 2.12. The summed E-state index contributed by atoms with van der Waals surface area (Å²) in [4.78, 5) is 20.6. The molecule has 30 heavy (non-hydrogen) atoms. The van der Waals surface area contributed by atoms with Gasteiger partial charge < -0.3 is 19.1 Å². The van der Waals surface area contributed by atoms with Crippen LogP contribution in [0.15, 0.2) is 52.0 Å². The van der Waals surface area contributed by atoms with Gasteiger partial charge in [0.2, 0.25) is 5.89 Å². The molecular weight excluding hydrogens is 384 g/mol. The lowest BCUT2D eigenvalue weighted by Gasteiger charge is -2.09. The minimum Gasteiger partial charge on any atom is -0.482 e. The van der Waals surface area contributed by atoms with Crippen molar-refractivity contribution in [2.45, 2.75) is 34.3 Å². The number of aliphatic carboxylic acids is 1. The third-order valence-corrected chi connectivity index (χ3v) is 4.54. The van der Waals surface area contributed by atoms with Gasteiger partial charge in [0.25, 0.3) is 0 Å². The minimum absolute atomic E-state index is 0.192. The number of carboxylic acid groups (broad SMARTS) is 1. The van der Waals surface area contributed by atoms with E-state index in [-0.39, 0.29) is 13.2 Å². The maximum absolute atomic E-state index is 10.6. The third-order valence-electron chi connectivity index (χ3n) is 4.54. The van der Waals surface area contributed by atoms with E-state index in [4.69, 9.17) is 19.1 Å². The SMILES string of the molecule is C/C(=N/OCc1nc(-c2ccc(C)cc2)oc1C)c1ccc(OCC(=O)O)c(C)c1. The number of benzene rings is 2. The molecule has 0 unspecified atom stereocenters. The predicted molar refractivity (Wildman–Crippen MR) is 113 cm³/mol. The molecule has 0 atom stereocenters. The van der Waals surface area contributed by atoms with Gasteiger partial charge in [0.1, 0.15) is 17.2 Å². The third kappa shape index (κ3) is 5.26. The largest absolute Gasteiger partial charge is 0.482 e. The van der Waals surface area contributed by atoms with Crippen LogP contribution in [0.5, 0.6) is 5.75 Å². The summed E-state index contributed by atoms with van der Waals surface area (Å²) in [5, 5.41) is 12.9. The van der Waals surface area contributed by atoms with Gasteiger partial charge in [0, 0.05) is 5.56 Å². The van der Waals surface area contributed by atoms with Gasteiger partial charge in [-0.15, -0.1) is 0 Å². The summed E-state index contributed by atoms with van der Waals surface area (Å²) in [7, 11) is 0. The fraction of sp³-hybridized carbons (Fsp3) is 0.261. The first kappa shape index (κ1) is 21.1. The average molecular weight is 408 g/mol. The van der Waals surface area contributed by atoms with E-state index < -0.39 is 5.97 Å². The van der Waals surface area contributed by atoms with E-state index in [1.807, 2.05) is 64.1 Å². The number of oxazole rings is 1. The van der Waals surface area contributed by atoms with Crippen molar-refractivity contribution in [2.24, 2.45) is 5.16 Å². The zero-order valence-electron chi connectivity index (χ0n) is 17.4. The monoisotopic (exact) mass is 408 g/mol. The van der Waals surface area contributed by atoms with Crippen molar-refractivity contribution in [1.82, 2.24) is 4.98 Å². The molecule has 0 saturated heterocycles. The number of hydrogen-bond acceptors (Lipinski definition) is 6. The van der Waals surface area contributed by atoms with E-state index in [2.05, 4.69) is 10.1 Å². The highest BCUT2D eigenvalue weighted by atomic mass is 16.6. The fourth-order valence-corrected chi connectivity index (χ4v) is 2.80.